The van der Waals surface area contributed by atoms with Gasteiger partial charge in [0, 0.05) is 17.3 Å². The van der Waals surface area contributed by atoms with Crippen LogP contribution in [0.4, 0.5) is 27.6 Å². The van der Waals surface area contributed by atoms with Gasteiger partial charge >= 0.3 is 6.36 Å². The minimum atomic E-state index is -4.86. The lowest BCUT2D eigenvalue weighted by molar-refractivity contribution is -0.274. The molecule has 8 heteroatoms. The molecule has 0 bridgehead atoms. The van der Waals surface area contributed by atoms with Gasteiger partial charge < -0.3 is 10.1 Å². The number of amides is 1. The van der Waals surface area contributed by atoms with Crippen LogP contribution in [-0.2, 0) is 0 Å². The first-order valence-electron chi connectivity index (χ1n) is 5.87. The number of anilines is 1. The maximum Gasteiger partial charge on any atom is 0.573 e. The van der Waals surface area contributed by atoms with Crippen molar-refractivity contribution in [2.24, 2.45) is 0 Å². The first-order chi connectivity index (χ1) is 10.2. The fourth-order valence-electron chi connectivity index (χ4n) is 1.61. The highest BCUT2D eigenvalue weighted by molar-refractivity contribution is 6.04. The summed E-state index contributed by atoms with van der Waals surface area (Å²) in [5, 5.41) is 2.26. The number of alkyl halides is 3. The molecular weight excluding hydrogens is 309 g/mol. The largest absolute Gasteiger partial charge is 0.573 e. The van der Waals surface area contributed by atoms with Crippen LogP contribution in [-0.4, -0.2) is 12.3 Å². The maximum atomic E-state index is 13.0. The van der Waals surface area contributed by atoms with Crippen molar-refractivity contribution in [3.8, 4) is 5.75 Å². The van der Waals surface area contributed by atoms with Crippen LogP contribution in [0, 0.1) is 11.6 Å². The smallest absolute Gasteiger partial charge is 0.406 e. The minimum Gasteiger partial charge on any atom is -0.406 e. The third-order valence-electron chi connectivity index (χ3n) is 2.51. The Labute approximate surface area is 121 Å². The monoisotopic (exact) mass is 317 g/mol. The third kappa shape index (κ3) is 4.18. The van der Waals surface area contributed by atoms with Gasteiger partial charge in [0.05, 0.1) is 0 Å². The fourth-order valence-corrected chi connectivity index (χ4v) is 1.61. The van der Waals surface area contributed by atoms with Gasteiger partial charge in [-0.15, -0.1) is 13.2 Å². The van der Waals surface area contributed by atoms with Crippen molar-refractivity contribution in [1.29, 1.82) is 0 Å². The summed E-state index contributed by atoms with van der Waals surface area (Å²) in [5.41, 5.74) is -0.169. The molecule has 0 unspecified atom stereocenters. The molecular formula is C14H8F5NO2. The van der Waals surface area contributed by atoms with Crippen LogP contribution in [0.2, 0.25) is 0 Å². The Hall–Kier alpha value is -2.64. The quantitative estimate of drug-likeness (QED) is 0.865. The summed E-state index contributed by atoms with van der Waals surface area (Å²) >= 11 is 0. The zero-order chi connectivity index (χ0) is 16.3. The second-order valence-electron chi connectivity index (χ2n) is 4.16. The van der Waals surface area contributed by atoms with Gasteiger partial charge in [-0.2, -0.15) is 0 Å². The van der Waals surface area contributed by atoms with Gasteiger partial charge in [-0.1, -0.05) is 6.07 Å². The van der Waals surface area contributed by atoms with E-state index in [-0.39, 0.29) is 11.3 Å². The van der Waals surface area contributed by atoms with Crippen LogP contribution in [0.3, 0.4) is 0 Å². The Morgan fingerprint density at radius 1 is 1.00 bits per heavy atom. The molecule has 0 fully saturated rings. The van der Waals surface area contributed by atoms with Crippen LogP contribution in [0.25, 0.3) is 0 Å². The van der Waals surface area contributed by atoms with E-state index in [1.165, 1.54) is 12.1 Å². The van der Waals surface area contributed by atoms with E-state index in [0.29, 0.717) is 6.07 Å². The molecule has 2 aromatic carbocycles. The van der Waals surface area contributed by atoms with E-state index in [4.69, 9.17) is 0 Å². The highest BCUT2D eigenvalue weighted by Gasteiger charge is 2.31. The molecule has 0 aliphatic rings. The Morgan fingerprint density at radius 3 is 2.36 bits per heavy atom. The Kier molecular flexibility index (Phi) is 4.30. The lowest BCUT2D eigenvalue weighted by Crippen LogP contribution is -2.17. The van der Waals surface area contributed by atoms with E-state index >= 15 is 0 Å². The van der Waals surface area contributed by atoms with Crippen molar-refractivity contribution in [2.75, 3.05) is 5.32 Å². The van der Waals surface area contributed by atoms with Crippen LogP contribution in [0.15, 0.2) is 42.5 Å². The number of hydrogen-bond donors (Lipinski definition) is 1. The zero-order valence-electron chi connectivity index (χ0n) is 10.7. The van der Waals surface area contributed by atoms with Crippen molar-refractivity contribution in [2.45, 2.75) is 6.36 Å². The number of rotatable bonds is 3. The van der Waals surface area contributed by atoms with E-state index in [1.54, 1.807) is 0 Å². The SMILES string of the molecule is O=C(Nc1cccc(OC(F)(F)F)c1)c1ccc(F)c(F)c1. The minimum absolute atomic E-state index is 0.0106. The number of carbonyl (C=O) groups excluding carboxylic acids is 1. The molecule has 0 radical (unpaired) electrons. The number of halogens is 5. The molecule has 0 aliphatic heterocycles. The van der Waals surface area contributed by atoms with E-state index < -0.39 is 29.7 Å². The molecule has 1 N–H and O–H groups in total. The van der Waals surface area contributed by atoms with Crippen molar-refractivity contribution in [1.82, 2.24) is 0 Å². The molecule has 0 saturated heterocycles. The van der Waals surface area contributed by atoms with Gasteiger partial charge in [-0.3, -0.25) is 4.79 Å². The van der Waals surface area contributed by atoms with Gasteiger partial charge in [0.2, 0.25) is 0 Å². The summed E-state index contributed by atoms with van der Waals surface area (Å²) in [6.45, 7) is 0. The topological polar surface area (TPSA) is 38.3 Å². The third-order valence-corrected chi connectivity index (χ3v) is 2.51. The summed E-state index contributed by atoms with van der Waals surface area (Å²) in [5.74, 6) is -3.64. The number of hydrogen-bond acceptors (Lipinski definition) is 2. The average molecular weight is 317 g/mol. The van der Waals surface area contributed by atoms with Gasteiger partial charge in [0.25, 0.3) is 5.91 Å². The molecule has 0 saturated carbocycles. The molecule has 22 heavy (non-hydrogen) atoms. The molecule has 1 amide bonds. The van der Waals surface area contributed by atoms with Gasteiger partial charge in [-0.05, 0) is 30.3 Å². The van der Waals surface area contributed by atoms with Crippen LogP contribution < -0.4 is 10.1 Å². The fraction of sp³-hybridized carbons (Fsp3) is 0.0714. The standard InChI is InChI=1S/C14H8F5NO2/c15-11-5-4-8(6-12(11)16)13(21)20-9-2-1-3-10(7-9)22-14(17,18)19/h1-7H,(H,20,21). The van der Waals surface area contributed by atoms with E-state index in [2.05, 4.69) is 10.1 Å². The summed E-state index contributed by atoms with van der Waals surface area (Å²) in [4.78, 5) is 11.8. The predicted octanol–water partition coefficient (Wildman–Crippen LogP) is 4.12. The summed E-state index contributed by atoms with van der Waals surface area (Å²) in [6.07, 6.45) is -4.86. The number of carbonyl (C=O) groups is 1. The number of nitrogens with one attached hydrogen (secondary N) is 1. The van der Waals surface area contributed by atoms with E-state index in [9.17, 15) is 26.7 Å². The molecule has 0 aromatic heterocycles. The molecule has 0 atom stereocenters. The average Bonchev–Trinajstić information content (AvgIpc) is 2.40. The predicted molar refractivity (Wildman–Crippen MR) is 67.4 cm³/mol. The zero-order valence-corrected chi connectivity index (χ0v) is 10.7. The second kappa shape index (κ2) is 6.00. The molecule has 0 aliphatic carbocycles. The lowest BCUT2D eigenvalue weighted by atomic mass is 10.2. The highest BCUT2D eigenvalue weighted by Crippen LogP contribution is 2.25. The lowest BCUT2D eigenvalue weighted by Gasteiger charge is -2.10. The molecule has 116 valence electrons. The Morgan fingerprint density at radius 2 is 1.73 bits per heavy atom. The molecule has 2 aromatic rings. The molecule has 3 nitrogen and oxygen atoms in total. The van der Waals surface area contributed by atoms with E-state index in [1.807, 2.05) is 0 Å². The Balaban J connectivity index is 2.14. The van der Waals surface area contributed by atoms with Gasteiger partial charge in [0.15, 0.2) is 11.6 Å². The molecule has 0 heterocycles. The van der Waals surface area contributed by atoms with Gasteiger partial charge in [0.1, 0.15) is 5.75 Å². The normalized spacial score (nSPS) is 11.1. The summed E-state index contributed by atoms with van der Waals surface area (Å²) in [6, 6.07) is 7.06. The van der Waals surface area contributed by atoms with Crippen molar-refractivity contribution in [3.05, 3.63) is 59.7 Å². The maximum absolute atomic E-state index is 13.0. The molecule has 0 spiro atoms. The first kappa shape index (κ1) is 15.7. The second-order valence-corrected chi connectivity index (χ2v) is 4.16. The summed E-state index contributed by atoms with van der Waals surface area (Å²) in [7, 11) is 0. The van der Waals surface area contributed by atoms with Gasteiger partial charge in [-0.25, -0.2) is 8.78 Å². The van der Waals surface area contributed by atoms with Crippen molar-refractivity contribution < 1.29 is 31.5 Å². The van der Waals surface area contributed by atoms with Crippen molar-refractivity contribution in [3.63, 3.8) is 0 Å². The highest BCUT2D eigenvalue weighted by atomic mass is 19.4. The molecule has 2 rings (SSSR count). The first-order valence-corrected chi connectivity index (χ1v) is 5.87. The van der Waals surface area contributed by atoms with Crippen LogP contribution in [0.5, 0.6) is 5.75 Å². The Bertz CT molecular complexity index is 700. The number of benzene rings is 2. The van der Waals surface area contributed by atoms with E-state index in [0.717, 1.165) is 24.3 Å². The summed E-state index contributed by atoms with van der Waals surface area (Å²) < 4.78 is 65.8. The van der Waals surface area contributed by atoms with Crippen LogP contribution >= 0.6 is 0 Å². The van der Waals surface area contributed by atoms with Crippen molar-refractivity contribution >= 4 is 11.6 Å². The number of ether oxygens (including phenoxy) is 1. The van der Waals surface area contributed by atoms with Crippen LogP contribution in [0.1, 0.15) is 10.4 Å².